The van der Waals surface area contributed by atoms with Gasteiger partial charge in [-0.05, 0) is 24.3 Å². The van der Waals surface area contributed by atoms with E-state index in [1.165, 1.54) is 12.1 Å². The monoisotopic (exact) mass is 369 g/mol. The highest BCUT2D eigenvalue weighted by Crippen LogP contribution is 2.31. The number of nitro groups is 1. The Labute approximate surface area is 156 Å². The number of ether oxygens (including phenoxy) is 2. The number of rotatable bonds is 3. The van der Waals surface area contributed by atoms with Crippen molar-refractivity contribution in [3.05, 3.63) is 58.6 Å². The van der Waals surface area contributed by atoms with Gasteiger partial charge in [0.1, 0.15) is 6.61 Å². The number of para-hydroxylation sites is 2. The van der Waals surface area contributed by atoms with Crippen LogP contribution in [0.1, 0.15) is 0 Å². The van der Waals surface area contributed by atoms with Crippen molar-refractivity contribution < 1.29 is 19.2 Å². The van der Waals surface area contributed by atoms with E-state index in [0.29, 0.717) is 37.7 Å². The van der Waals surface area contributed by atoms with Gasteiger partial charge in [0.05, 0.1) is 4.92 Å². The lowest BCUT2D eigenvalue weighted by Gasteiger charge is -2.38. The number of carbonyl (C=O) groups excluding carboxylic acids is 1. The number of amides is 1. The number of anilines is 1. The summed E-state index contributed by atoms with van der Waals surface area (Å²) >= 11 is 0. The Bertz CT molecular complexity index is 847. The van der Waals surface area contributed by atoms with Crippen molar-refractivity contribution in [2.75, 3.05) is 37.7 Å². The fraction of sp³-hybridized carbons (Fsp3) is 0.316. The fourth-order valence-electron chi connectivity index (χ4n) is 3.32. The lowest BCUT2D eigenvalue weighted by Crippen LogP contribution is -2.54. The molecule has 0 bridgehead atoms. The fourth-order valence-corrected chi connectivity index (χ4v) is 3.32. The van der Waals surface area contributed by atoms with Gasteiger partial charge in [0.25, 0.3) is 11.6 Å². The van der Waals surface area contributed by atoms with Crippen molar-refractivity contribution in [2.24, 2.45) is 0 Å². The maximum atomic E-state index is 12.8. The summed E-state index contributed by atoms with van der Waals surface area (Å²) in [5.74, 6) is 1.17. The van der Waals surface area contributed by atoms with E-state index in [1.807, 2.05) is 18.2 Å². The Kier molecular flexibility index (Phi) is 4.53. The number of nitro benzene ring substituents is 1. The van der Waals surface area contributed by atoms with Crippen LogP contribution in [0.25, 0.3) is 0 Å². The first-order chi connectivity index (χ1) is 13.1. The molecule has 4 rings (SSSR count). The molecule has 8 heteroatoms. The van der Waals surface area contributed by atoms with Gasteiger partial charge >= 0.3 is 0 Å². The lowest BCUT2D eigenvalue weighted by atomic mass is 10.2. The van der Waals surface area contributed by atoms with Crippen LogP contribution in [0.3, 0.4) is 0 Å². The summed E-state index contributed by atoms with van der Waals surface area (Å²) in [5.41, 5.74) is 0.987. The highest BCUT2D eigenvalue weighted by atomic mass is 16.6. The number of benzene rings is 2. The second-order valence-electron chi connectivity index (χ2n) is 6.45. The van der Waals surface area contributed by atoms with E-state index in [0.717, 1.165) is 5.69 Å². The number of hydrogen-bond donors (Lipinski definition) is 0. The quantitative estimate of drug-likeness (QED) is 0.608. The molecule has 1 atom stereocenters. The number of nitrogens with zero attached hydrogens (tertiary/aromatic N) is 3. The third-order valence-electron chi connectivity index (χ3n) is 4.80. The third-order valence-corrected chi connectivity index (χ3v) is 4.80. The zero-order chi connectivity index (χ0) is 18.8. The summed E-state index contributed by atoms with van der Waals surface area (Å²) in [5, 5.41) is 10.8. The van der Waals surface area contributed by atoms with E-state index in [1.54, 1.807) is 23.1 Å². The molecule has 2 aromatic carbocycles. The Morgan fingerprint density at radius 2 is 1.67 bits per heavy atom. The first-order valence-corrected chi connectivity index (χ1v) is 8.78. The molecule has 2 aromatic rings. The highest BCUT2D eigenvalue weighted by molar-refractivity contribution is 5.82. The summed E-state index contributed by atoms with van der Waals surface area (Å²) in [7, 11) is 0. The average Bonchev–Trinajstić information content (AvgIpc) is 2.73. The van der Waals surface area contributed by atoms with Gasteiger partial charge in [-0.25, -0.2) is 0 Å². The summed E-state index contributed by atoms with van der Waals surface area (Å²) in [4.78, 5) is 27.0. The molecule has 1 fully saturated rings. The van der Waals surface area contributed by atoms with Crippen LogP contribution in [0.2, 0.25) is 0 Å². The second kappa shape index (κ2) is 7.14. The molecular formula is C19H19N3O5. The van der Waals surface area contributed by atoms with Crippen molar-refractivity contribution in [2.45, 2.75) is 6.10 Å². The van der Waals surface area contributed by atoms with Crippen LogP contribution in [0, 0.1) is 10.1 Å². The van der Waals surface area contributed by atoms with Crippen LogP contribution in [0.4, 0.5) is 11.4 Å². The van der Waals surface area contributed by atoms with Crippen LogP contribution < -0.4 is 14.4 Å². The first-order valence-electron chi connectivity index (χ1n) is 8.78. The predicted molar refractivity (Wildman–Crippen MR) is 98.2 cm³/mol. The normalized spacial score (nSPS) is 18.9. The van der Waals surface area contributed by atoms with E-state index in [-0.39, 0.29) is 18.2 Å². The van der Waals surface area contributed by atoms with Gasteiger partial charge in [-0.1, -0.05) is 12.1 Å². The zero-order valence-corrected chi connectivity index (χ0v) is 14.6. The van der Waals surface area contributed by atoms with E-state index < -0.39 is 11.0 Å². The van der Waals surface area contributed by atoms with Crippen molar-refractivity contribution in [1.29, 1.82) is 0 Å². The third kappa shape index (κ3) is 3.51. The minimum absolute atomic E-state index is 0.0716. The van der Waals surface area contributed by atoms with Crippen LogP contribution >= 0.6 is 0 Å². The molecule has 140 valence electrons. The summed E-state index contributed by atoms with van der Waals surface area (Å²) in [6.07, 6.45) is -0.633. The van der Waals surface area contributed by atoms with Crippen molar-refractivity contribution in [3.63, 3.8) is 0 Å². The number of piperazine rings is 1. The molecule has 8 nitrogen and oxygen atoms in total. The average molecular weight is 369 g/mol. The zero-order valence-electron chi connectivity index (χ0n) is 14.6. The molecule has 0 N–H and O–H groups in total. The van der Waals surface area contributed by atoms with Gasteiger partial charge < -0.3 is 19.3 Å². The Hall–Kier alpha value is -3.29. The molecule has 0 aliphatic carbocycles. The SMILES string of the molecule is O=C(C1COc2ccccc2O1)N1CCN(c2ccc([N+](=O)[O-])cc2)CC1. The minimum Gasteiger partial charge on any atom is -0.485 e. The van der Waals surface area contributed by atoms with Crippen molar-refractivity contribution >= 4 is 17.3 Å². The molecule has 1 unspecified atom stereocenters. The molecule has 0 aromatic heterocycles. The van der Waals surface area contributed by atoms with Crippen molar-refractivity contribution in [1.82, 2.24) is 4.90 Å². The molecule has 27 heavy (non-hydrogen) atoms. The van der Waals surface area contributed by atoms with Gasteiger partial charge in [-0.3, -0.25) is 14.9 Å². The van der Waals surface area contributed by atoms with Crippen LogP contribution in [0.15, 0.2) is 48.5 Å². The molecule has 0 spiro atoms. The number of hydrogen-bond acceptors (Lipinski definition) is 6. The van der Waals surface area contributed by atoms with Gasteiger partial charge in [-0.15, -0.1) is 0 Å². The topological polar surface area (TPSA) is 85.2 Å². The molecule has 0 radical (unpaired) electrons. The van der Waals surface area contributed by atoms with Crippen LogP contribution in [-0.4, -0.2) is 54.6 Å². The number of non-ortho nitro benzene ring substituents is 1. The number of fused-ring (bicyclic) bond motifs is 1. The Morgan fingerprint density at radius 3 is 2.33 bits per heavy atom. The standard InChI is InChI=1S/C19H19N3O5/c23-19(18-13-26-16-3-1-2-4-17(16)27-18)21-11-9-20(10-12-21)14-5-7-15(8-6-14)22(24)25/h1-8,18H,9-13H2. The van der Waals surface area contributed by atoms with Crippen LogP contribution in [0.5, 0.6) is 11.5 Å². The van der Waals surface area contributed by atoms with Gasteiger partial charge in [0.2, 0.25) is 6.10 Å². The van der Waals surface area contributed by atoms with Gasteiger partial charge in [0.15, 0.2) is 11.5 Å². The molecule has 2 heterocycles. The van der Waals surface area contributed by atoms with E-state index in [9.17, 15) is 14.9 Å². The minimum atomic E-state index is -0.633. The largest absolute Gasteiger partial charge is 0.485 e. The number of carbonyl (C=O) groups is 1. The Morgan fingerprint density at radius 1 is 1.00 bits per heavy atom. The van der Waals surface area contributed by atoms with Gasteiger partial charge in [-0.2, -0.15) is 0 Å². The van der Waals surface area contributed by atoms with Crippen molar-refractivity contribution in [3.8, 4) is 11.5 Å². The predicted octanol–water partition coefficient (Wildman–Crippen LogP) is 2.08. The first kappa shape index (κ1) is 17.1. The second-order valence-corrected chi connectivity index (χ2v) is 6.45. The highest BCUT2D eigenvalue weighted by Gasteiger charge is 2.32. The molecule has 2 aliphatic heterocycles. The van der Waals surface area contributed by atoms with Crippen LogP contribution in [-0.2, 0) is 4.79 Å². The molecule has 1 amide bonds. The lowest BCUT2D eigenvalue weighted by molar-refractivity contribution is -0.384. The maximum Gasteiger partial charge on any atom is 0.269 e. The molecule has 0 saturated carbocycles. The van der Waals surface area contributed by atoms with E-state index in [2.05, 4.69) is 4.90 Å². The molecule has 2 aliphatic rings. The summed E-state index contributed by atoms with van der Waals surface area (Å²) in [6, 6.07) is 13.8. The van der Waals surface area contributed by atoms with E-state index in [4.69, 9.17) is 9.47 Å². The molecular weight excluding hydrogens is 350 g/mol. The Balaban J connectivity index is 1.35. The molecule has 1 saturated heterocycles. The smallest absolute Gasteiger partial charge is 0.269 e. The summed E-state index contributed by atoms with van der Waals surface area (Å²) in [6.45, 7) is 2.66. The van der Waals surface area contributed by atoms with Gasteiger partial charge in [0, 0.05) is 44.0 Å². The summed E-state index contributed by atoms with van der Waals surface area (Å²) < 4.78 is 11.4. The van der Waals surface area contributed by atoms with E-state index >= 15 is 0 Å². The maximum absolute atomic E-state index is 12.8.